The molecule has 1 aliphatic heterocycles. The first-order valence-corrected chi connectivity index (χ1v) is 11.1. The Labute approximate surface area is 208 Å². The number of thioether (sulfide) groups is 1. The minimum Gasteiger partial charge on any atom is -0.497 e. The summed E-state index contributed by atoms with van der Waals surface area (Å²) >= 11 is 6.56. The van der Waals surface area contributed by atoms with Crippen LogP contribution in [0, 0.1) is 20.2 Å². The number of nitro benzene ring substituents is 2. The third-order valence-corrected chi connectivity index (χ3v) is 6.18. The summed E-state index contributed by atoms with van der Waals surface area (Å²) in [5, 5.41) is 22.2. The van der Waals surface area contributed by atoms with E-state index in [4.69, 9.17) is 21.7 Å². The first-order chi connectivity index (χ1) is 16.8. The Morgan fingerprint density at radius 2 is 1.60 bits per heavy atom. The van der Waals surface area contributed by atoms with Gasteiger partial charge in [-0.3, -0.25) is 29.9 Å². The lowest BCUT2D eigenvalue weighted by molar-refractivity contribution is -0.394. The molecule has 4 rings (SSSR count). The predicted octanol–water partition coefficient (Wildman–Crippen LogP) is 5.71. The molecule has 0 spiro atoms. The van der Waals surface area contributed by atoms with Crippen molar-refractivity contribution in [2.75, 3.05) is 12.0 Å². The number of thiocarbonyl (C=S) groups is 1. The molecule has 176 valence electrons. The maximum Gasteiger partial charge on any atom is 0.318 e. The van der Waals surface area contributed by atoms with Crippen LogP contribution in [-0.2, 0) is 4.79 Å². The lowest BCUT2D eigenvalue weighted by Gasteiger charge is -2.14. The fraction of sp³-hybridized carbons (Fsp3) is 0.0435. The SMILES string of the molecule is COc1ccc(N2C(=O)/C(=C/c3ccc(Oc4ccc([N+](=O)[O-])cc4[N+](=O)[O-])cc3)SC2=S)cc1. The highest BCUT2D eigenvalue weighted by Gasteiger charge is 2.33. The molecule has 0 bridgehead atoms. The number of carbonyl (C=O) groups is 1. The Kier molecular flexibility index (Phi) is 6.75. The average Bonchev–Trinajstić information content (AvgIpc) is 3.12. The summed E-state index contributed by atoms with van der Waals surface area (Å²) < 4.78 is 11.1. The molecule has 0 unspecified atom stereocenters. The van der Waals surface area contributed by atoms with E-state index >= 15 is 0 Å². The normalized spacial score (nSPS) is 14.3. The van der Waals surface area contributed by atoms with Crippen molar-refractivity contribution in [3.63, 3.8) is 0 Å². The molecule has 1 fully saturated rings. The molecule has 0 atom stereocenters. The van der Waals surface area contributed by atoms with E-state index < -0.39 is 21.2 Å². The van der Waals surface area contributed by atoms with Crippen molar-refractivity contribution < 1.29 is 24.1 Å². The summed E-state index contributed by atoms with van der Waals surface area (Å²) in [5.41, 5.74) is 0.382. The van der Waals surface area contributed by atoms with E-state index in [1.54, 1.807) is 61.7 Å². The molecule has 1 amide bonds. The van der Waals surface area contributed by atoms with E-state index in [0.717, 1.165) is 12.1 Å². The van der Waals surface area contributed by atoms with Gasteiger partial charge in [-0.25, -0.2) is 0 Å². The van der Waals surface area contributed by atoms with E-state index in [-0.39, 0.29) is 17.4 Å². The van der Waals surface area contributed by atoms with Crippen LogP contribution < -0.4 is 14.4 Å². The van der Waals surface area contributed by atoms with Gasteiger partial charge < -0.3 is 9.47 Å². The Bertz CT molecular complexity index is 1370. The van der Waals surface area contributed by atoms with Gasteiger partial charge in [0.15, 0.2) is 4.32 Å². The van der Waals surface area contributed by atoms with Crippen molar-refractivity contribution >= 4 is 57.3 Å². The molecule has 35 heavy (non-hydrogen) atoms. The zero-order valence-electron chi connectivity index (χ0n) is 17.9. The number of hydrogen-bond acceptors (Lipinski definition) is 9. The zero-order valence-corrected chi connectivity index (χ0v) is 19.6. The van der Waals surface area contributed by atoms with E-state index in [1.807, 2.05) is 0 Å². The minimum absolute atomic E-state index is 0.131. The second-order valence-electron chi connectivity index (χ2n) is 7.05. The number of ether oxygens (including phenoxy) is 2. The highest BCUT2D eigenvalue weighted by molar-refractivity contribution is 8.27. The molecule has 0 aromatic heterocycles. The van der Waals surface area contributed by atoms with E-state index in [2.05, 4.69) is 0 Å². The standard InChI is InChI=1S/C23H15N3O7S2/c1-32-17-9-4-15(5-10-17)24-22(27)21(35-23(24)34)12-14-2-7-18(8-3-14)33-20-11-6-16(25(28)29)13-19(20)26(30)31/h2-13H,1H3/b21-12-. The number of rotatable bonds is 7. The quantitative estimate of drug-likeness (QED) is 0.170. The van der Waals surface area contributed by atoms with E-state index in [1.165, 1.54) is 22.7 Å². The number of amides is 1. The van der Waals surface area contributed by atoms with Crippen LogP contribution in [0.1, 0.15) is 5.56 Å². The molecule has 10 nitrogen and oxygen atoms in total. The third kappa shape index (κ3) is 5.13. The highest BCUT2D eigenvalue weighted by atomic mass is 32.2. The molecule has 3 aromatic rings. The van der Waals surface area contributed by atoms with Gasteiger partial charge in [0.05, 0.1) is 33.6 Å². The third-order valence-electron chi connectivity index (χ3n) is 4.88. The molecule has 0 aliphatic carbocycles. The van der Waals surface area contributed by atoms with Gasteiger partial charge in [-0.1, -0.05) is 36.1 Å². The number of nitrogens with zero attached hydrogens (tertiary/aromatic N) is 3. The maximum absolute atomic E-state index is 12.9. The Balaban J connectivity index is 1.52. The van der Waals surface area contributed by atoms with E-state index in [9.17, 15) is 25.0 Å². The Morgan fingerprint density at radius 1 is 0.943 bits per heavy atom. The number of anilines is 1. The first-order valence-electron chi connectivity index (χ1n) is 9.89. The maximum atomic E-state index is 12.9. The summed E-state index contributed by atoms with van der Waals surface area (Å²) in [6.45, 7) is 0. The monoisotopic (exact) mass is 509 g/mol. The molecule has 0 saturated carbocycles. The summed E-state index contributed by atoms with van der Waals surface area (Å²) in [5.74, 6) is 0.557. The van der Waals surface area contributed by atoms with Crippen molar-refractivity contribution in [2.45, 2.75) is 0 Å². The first kappa shape index (κ1) is 23.9. The van der Waals surface area contributed by atoms with Crippen molar-refractivity contribution in [2.24, 2.45) is 0 Å². The van der Waals surface area contributed by atoms with Crippen molar-refractivity contribution in [3.8, 4) is 17.2 Å². The molecule has 0 radical (unpaired) electrons. The second kappa shape index (κ2) is 9.91. The minimum atomic E-state index is -0.749. The van der Waals surface area contributed by atoms with Crippen LogP contribution >= 0.6 is 24.0 Å². The van der Waals surface area contributed by atoms with Crippen molar-refractivity contribution in [1.29, 1.82) is 0 Å². The fourth-order valence-electron chi connectivity index (χ4n) is 3.18. The second-order valence-corrected chi connectivity index (χ2v) is 8.73. The summed E-state index contributed by atoms with van der Waals surface area (Å²) in [6.07, 6.45) is 1.68. The van der Waals surface area contributed by atoms with Gasteiger partial charge >= 0.3 is 5.69 Å². The topological polar surface area (TPSA) is 125 Å². The number of benzene rings is 3. The zero-order chi connectivity index (χ0) is 25.1. The Morgan fingerprint density at radius 3 is 2.20 bits per heavy atom. The number of non-ortho nitro benzene ring substituents is 1. The van der Waals surface area contributed by atoms with Gasteiger partial charge in [-0.15, -0.1) is 0 Å². The summed E-state index contributed by atoms with van der Waals surface area (Å²) in [4.78, 5) is 35.5. The van der Waals surface area contributed by atoms with Gasteiger partial charge in [-0.2, -0.15) is 0 Å². The average molecular weight is 510 g/mol. The van der Waals surface area contributed by atoms with Crippen LogP contribution in [0.15, 0.2) is 71.6 Å². The molecule has 3 aromatic carbocycles. The lowest BCUT2D eigenvalue weighted by atomic mass is 10.2. The van der Waals surface area contributed by atoms with Crippen LogP contribution in [0.2, 0.25) is 0 Å². The molecular formula is C23H15N3O7S2. The van der Waals surface area contributed by atoms with Gasteiger partial charge in [0.25, 0.3) is 11.6 Å². The molecule has 0 N–H and O–H groups in total. The number of methoxy groups -OCH3 is 1. The van der Waals surface area contributed by atoms with Gasteiger partial charge in [0.1, 0.15) is 11.5 Å². The van der Waals surface area contributed by atoms with Crippen LogP contribution in [0.4, 0.5) is 17.1 Å². The number of hydrogen-bond donors (Lipinski definition) is 0. The van der Waals surface area contributed by atoms with Gasteiger partial charge in [0, 0.05) is 6.07 Å². The van der Waals surface area contributed by atoms with Crippen molar-refractivity contribution in [3.05, 3.63) is 97.4 Å². The lowest BCUT2D eigenvalue weighted by Crippen LogP contribution is -2.27. The van der Waals surface area contributed by atoms with Crippen LogP contribution in [-0.4, -0.2) is 27.2 Å². The van der Waals surface area contributed by atoms with Crippen molar-refractivity contribution in [1.82, 2.24) is 0 Å². The molecule has 1 saturated heterocycles. The van der Waals surface area contributed by atoms with E-state index in [0.29, 0.717) is 26.2 Å². The number of carbonyl (C=O) groups excluding carboxylic acids is 1. The molecule has 12 heteroatoms. The molecule has 1 aliphatic rings. The predicted molar refractivity (Wildman–Crippen MR) is 135 cm³/mol. The summed E-state index contributed by atoms with van der Waals surface area (Å²) in [6, 6.07) is 16.6. The van der Waals surface area contributed by atoms with Gasteiger partial charge in [-0.05, 0) is 54.1 Å². The highest BCUT2D eigenvalue weighted by Crippen LogP contribution is 2.37. The van der Waals surface area contributed by atoms with Gasteiger partial charge in [0.2, 0.25) is 5.75 Å². The molecule has 1 heterocycles. The molecular weight excluding hydrogens is 494 g/mol. The largest absolute Gasteiger partial charge is 0.497 e. The number of nitro groups is 2. The fourth-order valence-corrected chi connectivity index (χ4v) is 4.48. The van der Waals surface area contributed by atoms with Crippen LogP contribution in [0.25, 0.3) is 6.08 Å². The summed E-state index contributed by atoms with van der Waals surface area (Å²) in [7, 11) is 1.56. The Hall–Kier alpha value is -4.29. The van der Waals surface area contributed by atoms with Crippen LogP contribution in [0.3, 0.4) is 0 Å². The van der Waals surface area contributed by atoms with Crippen LogP contribution in [0.5, 0.6) is 17.2 Å². The smallest absolute Gasteiger partial charge is 0.318 e.